The van der Waals surface area contributed by atoms with E-state index in [0.29, 0.717) is 18.3 Å². The van der Waals surface area contributed by atoms with Crippen molar-refractivity contribution in [3.63, 3.8) is 0 Å². The summed E-state index contributed by atoms with van der Waals surface area (Å²) in [6.45, 7) is 4.65. The molecule has 1 unspecified atom stereocenters. The Kier molecular flexibility index (Phi) is 5.74. The van der Waals surface area contributed by atoms with E-state index < -0.39 is 24.1 Å². The number of amides is 2. The van der Waals surface area contributed by atoms with Gasteiger partial charge in [-0.1, -0.05) is 6.92 Å². The third-order valence-corrected chi connectivity index (χ3v) is 4.28. The van der Waals surface area contributed by atoms with Gasteiger partial charge in [0.25, 0.3) is 0 Å². The molecule has 0 aromatic rings. The molecule has 1 fully saturated rings. The Morgan fingerprint density at radius 2 is 2.22 bits per heavy atom. The van der Waals surface area contributed by atoms with Gasteiger partial charge in [-0.2, -0.15) is 11.8 Å². The van der Waals surface area contributed by atoms with E-state index in [1.807, 2.05) is 11.8 Å². The first kappa shape index (κ1) is 15.1. The molecule has 0 aliphatic carbocycles. The summed E-state index contributed by atoms with van der Waals surface area (Å²) < 4.78 is 0. The molecule has 1 saturated heterocycles. The van der Waals surface area contributed by atoms with Gasteiger partial charge in [-0.3, -0.25) is 0 Å². The second-order valence-corrected chi connectivity index (χ2v) is 5.76. The lowest BCUT2D eigenvalue weighted by molar-refractivity contribution is -0.141. The summed E-state index contributed by atoms with van der Waals surface area (Å²) in [6, 6.07) is -1.67. The van der Waals surface area contributed by atoms with Crippen molar-refractivity contribution in [1.29, 1.82) is 0 Å². The number of aliphatic carboxylic acids is 1. The Hall–Kier alpha value is -0.950. The number of aliphatic hydroxyl groups is 1. The monoisotopic (exact) mass is 276 g/mol. The number of carboxylic acids is 1. The van der Waals surface area contributed by atoms with Crippen LogP contribution in [-0.2, 0) is 4.79 Å². The Bertz CT molecular complexity index is 311. The molecule has 0 bridgehead atoms. The van der Waals surface area contributed by atoms with Crippen molar-refractivity contribution in [3.8, 4) is 0 Å². The molecule has 3 atom stereocenters. The summed E-state index contributed by atoms with van der Waals surface area (Å²) in [5, 5.41) is 21.0. The maximum Gasteiger partial charge on any atom is 0.328 e. The molecule has 1 aliphatic heterocycles. The van der Waals surface area contributed by atoms with Gasteiger partial charge >= 0.3 is 12.0 Å². The SMILES string of the molecule is CCC1CN(C(=O)N[C@H](C(=O)O)[C@@H](C)O)CCS1. The maximum absolute atomic E-state index is 11.9. The quantitative estimate of drug-likeness (QED) is 0.689. The second kappa shape index (κ2) is 6.84. The Morgan fingerprint density at radius 1 is 1.56 bits per heavy atom. The lowest BCUT2D eigenvalue weighted by Crippen LogP contribution is -2.54. The zero-order chi connectivity index (χ0) is 13.7. The zero-order valence-corrected chi connectivity index (χ0v) is 11.4. The highest BCUT2D eigenvalue weighted by molar-refractivity contribution is 8.00. The lowest BCUT2D eigenvalue weighted by atomic mass is 10.2. The molecule has 1 rings (SSSR count). The minimum Gasteiger partial charge on any atom is -0.480 e. The van der Waals surface area contributed by atoms with Crippen molar-refractivity contribution in [3.05, 3.63) is 0 Å². The van der Waals surface area contributed by atoms with E-state index in [4.69, 9.17) is 5.11 Å². The van der Waals surface area contributed by atoms with E-state index in [1.54, 1.807) is 4.90 Å². The van der Waals surface area contributed by atoms with Crippen LogP contribution in [0.3, 0.4) is 0 Å². The molecule has 6 nitrogen and oxygen atoms in total. The maximum atomic E-state index is 11.9. The molecule has 0 radical (unpaired) electrons. The highest BCUT2D eigenvalue weighted by Gasteiger charge is 2.29. The Balaban J connectivity index is 2.55. The number of rotatable bonds is 4. The second-order valence-electron chi connectivity index (χ2n) is 4.35. The fourth-order valence-corrected chi connectivity index (χ4v) is 2.94. The van der Waals surface area contributed by atoms with Gasteiger partial charge in [0.05, 0.1) is 6.10 Å². The summed E-state index contributed by atoms with van der Waals surface area (Å²) >= 11 is 1.83. The van der Waals surface area contributed by atoms with Crippen LogP contribution in [0.15, 0.2) is 0 Å². The third kappa shape index (κ3) is 4.06. The van der Waals surface area contributed by atoms with Gasteiger partial charge < -0.3 is 20.4 Å². The summed E-state index contributed by atoms with van der Waals surface area (Å²) in [5.74, 6) is -0.366. The summed E-state index contributed by atoms with van der Waals surface area (Å²) in [4.78, 5) is 24.4. The first-order valence-electron chi connectivity index (χ1n) is 6.03. The largest absolute Gasteiger partial charge is 0.480 e. The molecular weight excluding hydrogens is 256 g/mol. The normalized spacial score (nSPS) is 23.3. The van der Waals surface area contributed by atoms with Crippen LogP contribution in [0.5, 0.6) is 0 Å². The van der Waals surface area contributed by atoms with Crippen molar-refractivity contribution in [1.82, 2.24) is 10.2 Å². The standard InChI is InChI=1S/C11H20N2O4S/c1-3-8-6-13(4-5-18-8)11(17)12-9(7(2)14)10(15)16/h7-9,14H,3-6H2,1-2H3,(H,12,17)(H,15,16)/t7-,8?,9+/m1/s1. The lowest BCUT2D eigenvalue weighted by Gasteiger charge is -2.33. The Morgan fingerprint density at radius 3 is 2.72 bits per heavy atom. The molecule has 0 aromatic heterocycles. The zero-order valence-electron chi connectivity index (χ0n) is 10.6. The van der Waals surface area contributed by atoms with E-state index in [0.717, 1.165) is 12.2 Å². The topological polar surface area (TPSA) is 89.9 Å². The molecule has 3 N–H and O–H groups in total. The molecular formula is C11H20N2O4S. The highest BCUT2D eigenvalue weighted by atomic mass is 32.2. The van der Waals surface area contributed by atoms with Gasteiger partial charge in [0, 0.05) is 24.1 Å². The molecule has 1 heterocycles. The number of hydrogen-bond donors (Lipinski definition) is 3. The fourth-order valence-electron chi connectivity index (χ4n) is 1.76. The van der Waals surface area contributed by atoms with E-state index in [2.05, 4.69) is 12.2 Å². The fraction of sp³-hybridized carbons (Fsp3) is 0.818. The van der Waals surface area contributed by atoms with E-state index in [9.17, 15) is 14.7 Å². The molecule has 18 heavy (non-hydrogen) atoms. The van der Waals surface area contributed by atoms with E-state index in [1.165, 1.54) is 6.92 Å². The molecule has 0 saturated carbocycles. The number of thioether (sulfide) groups is 1. The minimum atomic E-state index is -1.26. The van der Waals surface area contributed by atoms with Crippen molar-refractivity contribution in [2.24, 2.45) is 0 Å². The average molecular weight is 276 g/mol. The van der Waals surface area contributed by atoms with Crippen LogP contribution in [0.2, 0.25) is 0 Å². The van der Waals surface area contributed by atoms with Gasteiger partial charge in [0.2, 0.25) is 0 Å². The number of carbonyl (C=O) groups excluding carboxylic acids is 1. The van der Waals surface area contributed by atoms with Gasteiger partial charge in [0.1, 0.15) is 0 Å². The van der Waals surface area contributed by atoms with Gasteiger partial charge in [-0.05, 0) is 13.3 Å². The van der Waals surface area contributed by atoms with Gasteiger partial charge in [0.15, 0.2) is 6.04 Å². The predicted molar refractivity (Wildman–Crippen MR) is 69.7 cm³/mol. The summed E-state index contributed by atoms with van der Waals surface area (Å²) in [6.07, 6.45) is -0.139. The Labute approximate surface area is 111 Å². The number of nitrogens with one attached hydrogen (secondary N) is 1. The summed E-state index contributed by atoms with van der Waals surface area (Å²) in [7, 11) is 0. The number of urea groups is 1. The van der Waals surface area contributed by atoms with Crippen molar-refractivity contribution in [2.75, 3.05) is 18.8 Å². The van der Waals surface area contributed by atoms with Gasteiger partial charge in [-0.15, -0.1) is 0 Å². The van der Waals surface area contributed by atoms with Crippen molar-refractivity contribution >= 4 is 23.8 Å². The van der Waals surface area contributed by atoms with Gasteiger partial charge in [-0.25, -0.2) is 9.59 Å². The molecule has 0 spiro atoms. The predicted octanol–water partition coefficient (Wildman–Crippen LogP) is 0.357. The van der Waals surface area contributed by atoms with Crippen LogP contribution in [0.4, 0.5) is 4.79 Å². The average Bonchev–Trinajstić information content (AvgIpc) is 2.34. The van der Waals surface area contributed by atoms with Crippen molar-refractivity contribution < 1.29 is 19.8 Å². The smallest absolute Gasteiger partial charge is 0.328 e. The first-order chi connectivity index (χ1) is 8.45. The van der Waals surface area contributed by atoms with Crippen LogP contribution in [0.25, 0.3) is 0 Å². The molecule has 1 aliphatic rings. The van der Waals surface area contributed by atoms with E-state index >= 15 is 0 Å². The number of carbonyl (C=O) groups is 2. The highest BCUT2D eigenvalue weighted by Crippen LogP contribution is 2.21. The molecule has 104 valence electrons. The number of aliphatic hydroxyl groups excluding tert-OH is 1. The number of hydrogen-bond acceptors (Lipinski definition) is 4. The molecule has 2 amide bonds. The number of carboxylic acid groups (broad SMARTS) is 1. The van der Waals surface area contributed by atoms with Crippen LogP contribution in [-0.4, -0.2) is 63.4 Å². The summed E-state index contributed by atoms with van der Waals surface area (Å²) in [5.41, 5.74) is 0. The van der Waals surface area contributed by atoms with Crippen molar-refractivity contribution in [2.45, 2.75) is 37.7 Å². The first-order valence-corrected chi connectivity index (χ1v) is 7.08. The van der Waals surface area contributed by atoms with Crippen LogP contribution < -0.4 is 5.32 Å². The van der Waals surface area contributed by atoms with Crippen LogP contribution >= 0.6 is 11.8 Å². The third-order valence-electron chi connectivity index (χ3n) is 2.91. The van der Waals surface area contributed by atoms with Crippen LogP contribution in [0, 0.1) is 0 Å². The molecule has 0 aromatic carbocycles. The van der Waals surface area contributed by atoms with Crippen LogP contribution in [0.1, 0.15) is 20.3 Å². The van der Waals surface area contributed by atoms with E-state index in [-0.39, 0.29) is 0 Å². The number of nitrogens with zero attached hydrogens (tertiary/aromatic N) is 1. The molecule has 7 heteroatoms. The minimum absolute atomic E-state index is 0.402.